The minimum absolute atomic E-state index is 0.0771. The second-order valence-corrected chi connectivity index (χ2v) is 7.20. The first-order valence-corrected chi connectivity index (χ1v) is 8.37. The summed E-state index contributed by atoms with van der Waals surface area (Å²) in [7, 11) is 0. The van der Waals surface area contributed by atoms with Crippen LogP contribution in [0, 0.1) is 17.3 Å². The van der Waals surface area contributed by atoms with E-state index in [1.165, 1.54) is 17.8 Å². The summed E-state index contributed by atoms with van der Waals surface area (Å²) in [5.74, 6) is 6.00. The van der Waals surface area contributed by atoms with Crippen molar-refractivity contribution in [3.8, 4) is 11.8 Å². The normalized spacial score (nSPS) is 17.8. The number of amides is 1. The molecule has 0 saturated carbocycles. The molecule has 0 spiro atoms. The lowest BCUT2D eigenvalue weighted by molar-refractivity contribution is 0.0758. The van der Waals surface area contributed by atoms with Crippen LogP contribution in [0.4, 0.5) is 0 Å². The first kappa shape index (κ1) is 16.1. The summed E-state index contributed by atoms with van der Waals surface area (Å²) in [4.78, 5) is 15.4. The number of carbonyl (C=O) groups excluding carboxylic acids is 1. The topological polar surface area (TPSA) is 40.5 Å². The van der Waals surface area contributed by atoms with Crippen molar-refractivity contribution in [1.29, 1.82) is 0 Å². The maximum atomic E-state index is 12.6. The van der Waals surface area contributed by atoms with Gasteiger partial charge in [0.1, 0.15) is 0 Å². The highest BCUT2D eigenvalue weighted by atomic mass is 32.1. The van der Waals surface area contributed by atoms with E-state index in [2.05, 4.69) is 25.7 Å². The fourth-order valence-corrected chi connectivity index (χ4v) is 3.28. The SMILES string of the molecule is CC1(C)CCCN(C(=O)c2csc(C#CCCO)c2)CC1. The van der Waals surface area contributed by atoms with Crippen LogP contribution in [0.3, 0.4) is 0 Å². The first-order valence-electron chi connectivity index (χ1n) is 7.49. The Labute approximate surface area is 131 Å². The lowest BCUT2D eigenvalue weighted by Crippen LogP contribution is -2.32. The molecule has 4 heteroatoms. The van der Waals surface area contributed by atoms with Crippen LogP contribution in [-0.4, -0.2) is 35.6 Å². The predicted molar refractivity (Wildman–Crippen MR) is 86.4 cm³/mol. The molecule has 0 bridgehead atoms. The first-order chi connectivity index (χ1) is 10.0. The molecule has 1 aromatic heterocycles. The third kappa shape index (κ3) is 4.59. The van der Waals surface area contributed by atoms with Gasteiger partial charge in [0.15, 0.2) is 0 Å². The molecule has 1 aromatic rings. The molecule has 1 amide bonds. The Morgan fingerprint density at radius 2 is 2.24 bits per heavy atom. The fraction of sp³-hybridized carbons (Fsp3) is 0.588. The van der Waals surface area contributed by atoms with Gasteiger partial charge < -0.3 is 10.0 Å². The molecule has 1 saturated heterocycles. The van der Waals surface area contributed by atoms with Crippen molar-refractivity contribution in [2.75, 3.05) is 19.7 Å². The summed E-state index contributed by atoms with van der Waals surface area (Å²) in [6, 6.07) is 1.87. The Hall–Kier alpha value is -1.31. The molecule has 1 fully saturated rings. The number of hydrogen-bond acceptors (Lipinski definition) is 3. The van der Waals surface area contributed by atoms with Gasteiger partial charge in [0.2, 0.25) is 0 Å². The van der Waals surface area contributed by atoms with E-state index < -0.39 is 0 Å². The molecule has 0 atom stereocenters. The molecule has 0 aromatic carbocycles. The minimum atomic E-state index is 0.0771. The van der Waals surface area contributed by atoms with Gasteiger partial charge in [0.05, 0.1) is 17.0 Å². The number of thiophene rings is 1. The van der Waals surface area contributed by atoms with E-state index in [-0.39, 0.29) is 12.5 Å². The molecule has 1 aliphatic heterocycles. The van der Waals surface area contributed by atoms with E-state index in [4.69, 9.17) is 5.11 Å². The smallest absolute Gasteiger partial charge is 0.254 e. The molecule has 0 aliphatic carbocycles. The van der Waals surface area contributed by atoms with Crippen molar-refractivity contribution in [2.45, 2.75) is 39.5 Å². The Morgan fingerprint density at radius 3 is 3.00 bits per heavy atom. The molecule has 1 N–H and O–H groups in total. The average molecular weight is 305 g/mol. The number of carbonyl (C=O) groups is 1. The second kappa shape index (κ2) is 7.11. The van der Waals surface area contributed by atoms with Gasteiger partial charge in [0, 0.05) is 24.9 Å². The quantitative estimate of drug-likeness (QED) is 0.853. The van der Waals surface area contributed by atoms with Crippen molar-refractivity contribution in [1.82, 2.24) is 4.90 Å². The van der Waals surface area contributed by atoms with Gasteiger partial charge in [-0.15, -0.1) is 11.3 Å². The predicted octanol–water partition coefficient (Wildman–Crippen LogP) is 3.13. The Balaban J connectivity index is 2.02. The van der Waals surface area contributed by atoms with Gasteiger partial charge in [0.25, 0.3) is 5.91 Å². The second-order valence-electron chi connectivity index (χ2n) is 6.28. The summed E-state index contributed by atoms with van der Waals surface area (Å²) < 4.78 is 0. The lowest BCUT2D eigenvalue weighted by atomic mass is 9.85. The number of aliphatic hydroxyl groups is 1. The minimum Gasteiger partial charge on any atom is -0.395 e. The van der Waals surface area contributed by atoms with Gasteiger partial charge in [-0.1, -0.05) is 25.7 Å². The molecule has 21 heavy (non-hydrogen) atoms. The molecule has 2 rings (SSSR count). The highest BCUT2D eigenvalue weighted by Gasteiger charge is 2.26. The number of nitrogens with zero attached hydrogens (tertiary/aromatic N) is 1. The largest absolute Gasteiger partial charge is 0.395 e. The number of rotatable bonds is 2. The van der Waals surface area contributed by atoms with E-state index in [1.807, 2.05) is 16.3 Å². The highest BCUT2D eigenvalue weighted by Crippen LogP contribution is 2.30. The maximum absolute atomic E-state index is 12.6. The van der Waals surface area contributed by atoms with E-state index in [0.717, 1.165) is 36.4 Å². The van der Waals surface area contributed by atoms with Gasteiger partial charge in [-0.2, -0.15) is 0 Å². The summed E-state index contributed by atoms with van der Waals surface area (Å²) >= 11 is 1.49. The van der Waals surface area contributed by atoms with Gasteiger partial charge in [-0.05, 0) is 30.7 Å². The van der Waals surface area contributed by atoms with Crippen LogP contribution in [0.1, 0.15) is 54.8 Å². The number of aliphatic hydroxyl groups excluding tert-OH is 1. The molecular formula is C17H23NO2S. The third-order valence-corrected chi connectivity index (χ3v) is 4.77. The number of hydrogen-bond donors (Lipinski definition) is 1. The van der Waals surface area contributed by atoms with Crippen LogP contribution in [0.5, 0.6) is 0 Å². The van der Waals surface area contributed by atoms with Crippen LogP contribution in [0.15, 0.2) is 11.4 Å². The van der Waals surface area contributed by atoms with Crippen LogP contribution in [0.25, 0.3) is 0 Å². The van der Waals surface area contributed by atoms with Crippen molar-refractivity contribution in [3.63, 3.8) is 0 Å². The Bertz CT molecular complexity index is 551. The van der Waals surface area contributed by atoms with Crippen molar-refractivity contribution in [2.24, 2.45) is 5.41 Å². The van der Waals surface area contributed by atoms with Crippen molar-refractivity contribution in [3.05, 3.63) is 21.9 Å². The average Bonchev–Trinajstić information content (AvgIpc) is 2.83. The summed E-state index contributed by atoms with van der Waals surface area (Å²) in [5.41, 5.74) is 1.08. The summed E-state index contributed by atoms with van der Waals surface area (Å²) in [6.07, 6.45) is 3.79. The zero-order chi connectivity index (χ0) is 15.3. The molecule has 0 radical (unpaired) electrons. The van der Waals surface area contributed by atoms with Crippen LogP contribution in [-0.2, 0) is 0 Å². The lowest BCUT2D eigenvalue weighted by Gasteiger charge is -2.23. The summed E-state index contributed by atoms with van der Waals surface area (Å²) in [6.45, 7) is 6.32. The van der Waals surface area contributed by atoms with E-state index in [9.17, 15) is 4.79 Å². The monoisotopic (exact) mass is 305 g/mol. The Morgan fingerprint density at radius 1 is 1.43 bits per heavy atom. The highest BCUT2D eigenvalue weighted by molar-refractivity contribution is 7.10. The molecular weight excluding hydrogens is 282 g/mol. The van der Waals surface area contributed by atoms with Gasteiger partial charge in [-0.3, -0.25) is 4.79 Å². The van der Waals surface area contributed by atoms with Gasteiger partial charge >= 0.3 is 0 Å². The zero-order valence-electron chi connectivity index (χ0n) is 12.8. The molecule has 0 unspecified atom stereocenters. The maximum Gasteiger partial charge on any atom is 0.254 e. The van der Waals surface area contributed by atoms with Crippen molar-refractivity contribution >= 4 is 17.2 Å². The van der Waals surface area contributed by atoms with Crippen LogP contribution in [0.2, 0.25) is 0 Å². The molecule has 2 heterocycles. The van der Waals surface area contributed by atoms with E-state index >= 15 is 0 Å². The zero-order valence-corrected chi connectivity index (χ0v) is 13.6. The standard InChI is InChI=1S/C17H23NO2S/c1-17(2)7-5-9-18(10-8-17)16(20)14-12-15(21-13-14)6-3-4-11-19/h12-13,19H,4-5,7-11H2,1-2H3. The number of likely N-dealkylation sites (tertiary alicyclic amines) is 1. The van der Waals surface area contributed by atoms with E-state index in [0.29, 0.717) is 11.8 Å². The third-order valence-electron chi connectivity index (χ3n) is 3.92. The van der Waals surface area contributed by atoms with Crippen LogP contribution < -0.4 is 0 Å². The fourth-order valence-electron chi connectivity index (χ4n) is 2.53. The molecule has 3 nitrogen and oxygen atoms in total. The van der Waals surface area contributed by atoms with Gasteiger partial charge in [-0.25, -0.2) is 0 Å². The van der Waals surface area contributed by atoms with Crippen molar-refractivity contribution < 1.29 is 9.90 Å². The summed E-state index contributed by atoms with van der Waals surface area (Å²) in [5, 5.41) is 10.6. The Kier molecular flexibility index (Phi) is 5.44. The van der Waals surface area contributed by atoms with Crippen LogP contribution >= 0.6 is 11.3 Å². The molecule has 1 aliphatic rings. The van der Waals surface area contributed by atoms with E-state index in [1.54, 1.807) is 0 Å². The molecule has 114 valence electrons.